The van der Waals surface area contributed by atoms with Crippen LogP contribution in [-0.2, 0) is 9.84 Å². The third-order valence-corrected chi connectivity index (χ3v) is 5.92. The summed E-state index contributed by atoms with van der Waals surface area (Å²) in [6.45, 7) is 4.14. The molecule has 0 spiro atoms. The molecule has 0 N–H and O–H groups in total. The highest BCUT2D eigenvalue weighted by Crippen LogP contribution is 2.31. The molecule has 2 aromatic rings. The smallest absolute Gasteiger partial charge is 0.221 e. The van der Waals surface area contributed by atoms with E-state index in [4.69, 9.17) is 0 Å². The zero-order valence-corrected chi connectivity index (χ0v) is 16.2. The molecule has 0 bridgehead atoms. The molecular weight excluding hydrogens is 336 g/mol. The first kappa shape index (κ1) is 18.3. The molecule has 0 aliphatic heterocycles. The van der Waals surface area contributed by atoms with E-state index in [1.807, 2.05) is 0 Å². The minimum absolute atomic E-state index is 0.0720. The molecule has 2 heterocycles. The van der Waals surface area contributed by atoms with Crippen LogP contribution in [0.1, 0.15) is 88.4 Å². The molecule has 6 nitrogen and oxygen atoms in total. The van der Waals surface area contributed by atoms with Crippen molar-refractivity contribution in [3.8, 4) is 0 Å². The molecule has 3 rings (SSSR count). The van der Waals surface area contributed by atoms with Gasteiger partial charge >= 0.3 is 0 Å². The Morgan fingerprint density at radius 1 is 1.04 bits per heavy atom. The maximum absolute atomic E-state index is 12.1. The van der Waals surface area contributed by atoms with Crippen LogP contribution in [0.3, 0.4) is 0 Å². The number of sulfone groups is 1. The van der Waals surface area contributed by atoms with Crippen molar-refractivity contribution in [2.75, 3.05) is 6.26 Å². The Balaban J connectivity index is 2.14. The fourth-order valence-corrected chi connectivity index (χ4v) is 4.14. The van der Waals surface area contributed by atoms with E-state index in [0.29, 0.717) is 5.65 Å². The summed E-state index contributed by atoms with van der Waals surface area (Å²) in [7, 11) is -3.46. The second kappa shape index (κ2) is 7.40. The highest BCUT2D eigenvalue weighted by Gasteiger charge is 2.24. The summed E-state index contributed by atoms with van der Waals surface area (Å²) in [5, 5.41) is 4.44. The SMILES string of the molecule is CC(C)c1cnn2c(C3CCCCCCCC3)nc(S(C)(=O)=O)nc12. The highest BCUT2D eigenvalue weighted by atomic mass is 32.2. The molecule has 138 valence electrons. The predicted molar refractivity (Wildman–Crippen MR) is 97.7 cm³/mol. The number of nitrogens with zero attached hydrogens (tertiary/aromatic N) is 4. The molecule has 7 heteroatoms. The highest BCUT2D eigenvalue weighted by molar-refractivity contribution is 7.90. The van der Waals surface area contributed by atoms with Gasteiger partial charge in [0.2, 0.25) is 9.84 Å². The molecule has 0 saturated heterocycles. The lowest BCUT2D eigenvalue weighted by atomic mass is 9.96. The topological polar surface area (TPSA) is 77.2 Å². The molecule has 0 atom stereocenters. The van der Waals surface area contributed by atoms with Crippen LogP contribution >= 0.6 is 0 Å². The van der Waals surface area contributed by atoms with Crippen molar-refractivity contribution >= 4 is 15.5 Å². The van der Waals surface area contributed by atoms with Crippen LogP contribution < -0.4 is 0 Å². The Labute approximate surface area is 150 Å². The fraction of sp³-hybridized carbons (Fsp3) is 0.722. The van der Waals surface area contributed by atoms with Gasteiger partial charge in [0.25, 0.3) is 5.16 Å². The predicted octanol–water partition coefficient (Wildman–Crippen LogP) is 3.87. The van der Waals surface area contributed by atoms with E-state index in [0.717, 1.165) is 37.1 Å². The van der Waals surface area contributed by atoms with E-state index in [1.54, 1.807) is 10.7 Å². The Morgan fingerprint density at radius 3 is 2.20 bits per heavy atom. The number of hydrogen-bond donors (Lipinski definition) is 0. The average Bonchev–Trinajstić information content (AvgIpc) is 3.02. The number of fused-ring (bicyclic) bond motifs is 1. The monoisotopic (exact) mass is 364 g/mol. The molecule has 0 unspecified atom stereocenters. The maximum atomic E-state index is 12.1. The Bertz CT molecular complexity index is 832. The molecule has 1 saturated carbocycles. The number of rotatable bonds is 3. The van der Waals surface area contributed by atoms with Crippen molar-refractivity contribution in [2.24, 2.45) is 0 Å². The minimum Gasteiger partial charge on any atom is -0.221 e. The Hall–Kier alpha value is -1.50. The third kappa shape index (κ3) is 4.02. The normalized spacial score (nSPS) is 18.2. The van der Waals surface area contributed by atoms with E-state index >= 15 is 0 Å². The van der Waals surface area contributed by atoms with Gasteiger partial charge in [-0.3, -0.25) is 0 Å². The quantitative estimate of drug-likeness (QED) is 0.826. The van der Waals surface area contributed by atoms with E-state index < -0.39 is 9.84 Å². The summed E-state index contributed by atoms with van der Waals surface area (Å²) in [5.74, 6) is 1.23. The molecule has 1 fully saturated rings. The van der Waals surface area contributed by atoms with E-state index in [2.05, 4.69) is 28.9 Å². The van der Waals surface area contributed by atoms with Crippen molar-refractivity contribution < 1.29 is 8.42 Å². The average molecular weight is 365 g/mol. The molecule has 0 radical (unpaired) electrons. The van der Waals surface area contributed by atoms with E-state index in [9.17, 15) is 8.42 Å². The lowest BCUT2D eigenvalue weighted by Gasteiger charge is -2.17. The van der Waals surface area contributed by atoms with Crippen molar-refractivity contribution in [1.82, 2.24) is 19.6 Å². The minimum atomic E-state index is -3.46. The van der Waals surface area contributed by atoms with Crippen molar-refractivity contribution in [1.29, 1.82) is 0 Å². The van der Waals surface area contributed by atoms with Gasteiger partial charge in [0.1, 0.15) is 5.82 Å². The number of hydrogen-bond acceptors (Lipinski definition) is 5. The van der Waals surface area contributed by atoms with Gasteiger partial charge in [-0.25, -0.2) is 17.9 Å². The molecular formula is C18H28N4O2S. The summed E-state index contributed by atoms with van der Waals surface area (Å²) in [4.78, 5) is 8.82. The first-order chi connectivity index (χ1) is 11.9. The van der Waals surface area contributed by atoms with Crippen LogP contribution in [-0.4, -0.2) is 34.3 Å². The second-order valence-electron chi connectivity index (χ2n) is 7.52. The zero-order chi connectivity index (χ0) is 18.0. The van der Waals surface area contributed by atoms with Crippen molar-refractivity contribution in [3.05, 3.63) is 17.6 Å². The van der Waals surface area contributed by atoms with Crippen LogP contribution in [0.5, 0.6) is 0 Å². The van der Waals surface area contributed by atoms with Crippen molar-refractivity contribution in [2.45, 2.75) is 82.2 Å². The Morgan fingerprint density at radius 2 is 1.64 bits per heavy atom. The van der Waals surface area contributed by atoms with Crippen LogP contribution in [0.25, 0.3) is 5.65 Å². The number of aromatic nitrogens is 4. The third-order valence-electron chi connectivity index (χ3n) is 5.07. The molecule has 1 aliphatic rings. The lowest BCUT2D eigenvalue weighted by molar-refractivity contribution is 0.492. The molecule has 25 heavy (non-hydrogen) atoms. The summed E-state index contributed by atoms with van der Waals surface area (Å²) < 4.78 is 26.1. The zero-order valence-electron chi connectivity index (χ0n) is 15.4. The van der Waals surface area contributed by atoms with Gasteiger partial charge in [-0.1, -0.05) is 52.4 Å². The Kier molecular flexibility index (Phi) is 5.41. The summed E-state index contributed by atoms with van der Waals surface area (Å²) in [6, 6.07) is 0. The molecule has 0 amide bonds. The van der Waals surface area contributed by atoms with Crippen LogP contribution in [0.4, 0.5) is 0 Å². The first-order valence-corrected chi connectivity index (χ1v) is 11.2. The largest absolute Gasteiger partial charge is 0.250 e. The van der Waals surface area contributed by atoms with Gasteiger partial charge in [-0.15, -0.1) is 0 Å². The van der Waals surface area contributed by atoms with Gasteiger partial charge in [-0.05, 0) is 18.8 Å². The van der Waals surface area contributed by atoms with Gasteiger partial charge in [0, 0.05) is 17.7 Å². The molecule has 0 aromatic carbocycles. The lowest BCUT2D eigenvalue weighted by Crippen LogP contribution is -2.16. The van der Waals surface area contributed by atoms with Crippen molar-refractivity contribution in [3.63, 3.8) is 0 Å². The van der Waals surface area contributed by atoms with E-state index in [1.165, 1.54) is 31.9 Å². The van der Waals surface area contributed by atoms with Crippen LogP contribution in [0, 0.1) is 0 Å². The molecule has 1 aliphatic carbocycles. The van der Waals surface area contributed by atoms with Gasteiger partial charge < -0.3 is 0 Å². The molecule has 2 aromatic heterocycles. The first-order valence-electron chi connectivity index (χ1n) is 9.33. The van der Waals surface area contributed by atoms with Crippen LogP contribution in [0.2, 0.25) is 0 Å². The summed E-state index contributed by atoms with van der Waals surface area (Å²) >= 11 is 0. The standard InChI is InChI=1S/C18H28N4O2S/c1-13(2)15-12-19-22-16(14-10-8-6-4-5-7-9-11-14)20-18(21-17(15)22)25(3,23)24/h12-14H,4-11H2,1-3H3. The van der Waals surface area contributed by atoms with E-state index in [-0.39, 0.29) is 17.0 Å². The fourth-order valence-electron chi connectivity index (χ4n) is 3.62. The van der Waals surface area contributed by atoms with Crippen LogP contribution in [0.15, 0.2) is 11.4 Å². The summed E-state index contributed by atoms with van der Waals surface area (Å²) in [5.41, 5.74) is 1.61. The second-order valence-corrected chi connectivity index (χ2v) is 9.43. The summed E-state index contributed by atoms with van der Waals surface area (Å²) in [6.07, 6.45) is 12.4. The van der Waals surface area contributed by atoms with Gasteiger partial charge in [0.15, 0.2) is 5.65 Å². The maximum Gasteiger partial charge on any atom is 0.250 e. The van der Waals surface area contributed by atoms with Gasteiger partial charge in [0.05, 0.1) is 6.20 Å². The van der Waals surface area contributed by atoms with Gasteiger partial charge in [-0.2, -0.15) is 10.1 Å².